The molecule has 0 aromatic carbocycles. The van der Waals surface area contributed by atoms with Gasteiger partial charge in [0.05, 0.1) is 0 Å². The van der Waals surface area contributed by atoms with Crippen molar-refractivity contribution in [2.75, 3.05) is 5.75 Å². The molecule has 2 heterocycles. The summed E-state index contributed by atoms with van der Waals surface area (Å²) in [5, 5.41) is 16.3. The molecule has 1 amide bonds. The van der Waals surface area contributed by atoms with Crippen LogP contribution in [0.4, 0.5) is 0 Å². The van der Waals surface area contributed by atoms with Crippen molar-refractivity contribution in [1.82, 2.24) is 19.9 Å². The van der Waals surface area contributed by atoms with Crippen molar-refractivity contribution in [3.05, 3.63) is 24.0 Å². The van der Waals surface area contributed by atoms with Gasteiger partial charge in [-0.3, -0.25) is 4.79 Å². The Morgan fingerprint density at radius 2 is 2.25 bits per heavy atom. The van der Waals surface area contributed by atoms with Crippen molar-refractivity contribution in [1.29, 1.82) is 0 Å². The van der Waals surface area contributed by atoms with Gasteiger partial charge < -0.3 is 10.4 Å². The second-order valence-electron chi connectivity index (χ2n) is 4.30. The summed E-state index contributed by atoms with van der Waals surface area (Å²) in [5.41, 5.74) is 1.72. The van der Waals surface area contributed by atoms with Crippen LogP contribution in [0.5, 0.6) is 0 Å². The highest BCUT2D eigenvalue weighted by molar-refractivity contribution is 7.99. The number of aromatic nitrogens is 3. The van der Waals surface area contributed by atoms with Crippen LogP contribution >= 0.6 is 11.8 Å². The number of hydrogen-bond acceptors (Lipinski definition) is 5. The Morgan fingerprint density at radius 3 is 2.90 bits per heavy atom. The Labute approximate surface area is 119 Å². The van der Waals surface area contributed by atoms with Gasteiger partial charge in [-0.15, -0.1) is 11.8 Å². The number of aliphatic carboxylic acids is 1. The summed E-state index contributed by atoms with van der Waals surface area (Å²) in [7, 11) is 0. The molecule has 0 spiro atoms. The van der Waals surface area contributed by atoms with Crippen LogP contribution in [-0.2, 0) is 9.59 Å². The van der Waals surface area contributed by atoms with Gasteiger partial charge in [0.2, 0.25) is 5.91 Å². The Kier molecular flexibility index (Phi) is 4.23. The van der Waals surface area contributed by atoms with Crippen molar-refractivity contribution in [2.45, 2.75) is 24.9 Å². The van der Waals surface area contributed by atoms with Crippen LogP contribution in [0.1, 0.15) is 12.5 Å². The number of carboxylic acids is 1. The van der Waals surface area contributed by atoms with Gasteiger partial charge in [0.1, 0.15) is 17.4 Å². The average Bonchev–Trinajstić information content (AvgIpc) is 2.81. The summed E-state index contributed by atoms with van der Waals surface area (Å²) in [4.78, 5) is 26.2. The number of aryl methyl sites for hydroxylation is 1. The molecule has 0 aliphatic rings. The lowest BCUT2D eigenvalue weighted by molar-refractivity contribution is -0.140. The fourth-order valence-corrected chi connectivity index (χ4v) is 2.81. The van der Waals surface area contributed by atoms with Gasteiger partial charge in [-0.05, 0) is 24.6 Å². The molecular weight excluding hydrogens is 280 g/mol. The van der Waals surface area contributed by atoms with E-state index in [1.54, 1.807) is 4.52 Å². The third-order valence-electron chi connectivity index (χ3n) is 2.56. The molecule has 0 saturated carbocycles. The highest BCUT2D eigenvalue weighted by atomic mass is 32.2. The number of carbonyl (C=O) groups is 2. The topological polar surface area (TPSA) is 96.6 Å². The highest BCUT2D eigenvalue weighted by Crippen LogP contribution is 2.21. The molecule has 8 heteroatoms. The molecule has 7 nitrogen and oxygen atoms in total. The number of hydrogen-bond donors (Lipinski definition) is 2. The number of thioether (sulfide) groups is 1. The van der Waals surface area contributed by atoms with Gasteiger partial charge in [0.15, 0.2) is 5.65 Å². The highest BCUT2D eigenvalue weighted by Gasteiger charge is 2.19. The van der Waals surface area contributed by atoms with Crippen LogP contribution in [0.15, 0.2) is 23.5 Å². The molecule has 0 aliphatic carbocycles. The maximum atomic E-state index is 11.1. The molecule has 2 aromatic rings. The third-order valence-corrected chi connectivity index (χ3v) is 3.65. The quantitative estimate of drug-likeness (QED) is 0.789. The van der Waals surface area contributed by atoms with E-state index >= 15 is 0 Å². The van der Waals surface area contributed by atoms with Crippen molar-refractivity contribution < 1.29 is 14.7 Å². The molecule has 0 radical (unpaired) electrons. The van der Waals surface area contributed by atoms with Gasteiger partial charge in [0, 0.05) is 12.7 Å². The summed E-state index contributed by atoms with van der Waals surface area (Å²) in [5.74, 6) is -1.21. The van der Waals surface area contributed by atoms with E-state index < -0.39 is 12.0 Å². The molecular formula is C12H14N4O3S. The number of pyridine rings is 1. The Balaban J connectivity index is 2.17. The normalized spacial score (nSPS) is 12.3. The predicted molar refractivity (Wildman–Crippen MR) is 73.7 cm³/mol. The lowest BCUT2D eigenvalue weighted by Gasteiger charge is -2.13. The summed E-state index contributed by atoms with van der Waals surface area (Å²) in [6.07, 6.45) is 1.45. The van der Waals surface area contributed by atoms with Crippen LogP contribution in [0.3, 0.4) is 0 Å². The van der Waals surface area contributed by atoms with Gasteiger partial charge in [0.25, 0.3) is 0 Å². The fourth-order valence-electron chi connectivity index (χ4n) is 1.71. The minimum Gasteiger partial charge on any atom is -0.480 e. The van der Waals surface area contributed by atoms with Crippen LogP contribution < -0.4 is 5.32 Å². The second-order valence-corrected chi connectivity index (χ2v) is 5.34. The smallest absolute Gasteiger partial charge is 0.327 e. The molecule has 20 heavy (non-hydrogen) atoms. The minimum atomic E-state index is -1.06. The summed E-state index contributed by atoms with van der Waals surface area (Å²) in [6, 6.07) is 2.86. The third kappa shape index (κ3) is 3.27. The van der Waals surface area contributed by atoms with Gasteiger partial charge in [-0.2, -0.15) is 5.10 Å². The molecule has 2 N–H and O–H groups in total. The molecule has 106 valence electrons. The largest absolute Gasteiger partial charge is 0.480 e. The van der Waals surface area contributed by atoms with Crippen LogP contribution in [0, 0.1) is 6.92 Å². The van der Waals surface area contributed by atoms with Crippen molar-refractivity contribution in [3.63, 3.8) is 0 Å². The number of nitrogens with one attached hydrogen (secondary N) is 1. The molecule has 0 saturated heterocycles. The van der Waals surface area contributed by atoms with Crippen molar-refractivity contribution in [3.8, 4) is 0 Å². The summed E-state index contributed by atoms with van der Waals surface area (Å²) >= 11 is 1.31. The summed E-state index contributed by atoms with van der Waals surface area (Å²) in [6.45, 7) is 3.23. The standard InChI is InChI=1S/C12H14N4O3S/c1-7-3-10-13-6-14-16(10)11(4-7)20-5-9(12(18)19)15-8(2)17/h3-4,6,9H,5H2,1-2H3,(H,15,17)(H,18,19)/t9-/m0/s1. The number of carboxylic acid groups (broad SMARTS) is 1. The number of amides is 1. The van der Waals surface area contributed by atoms with E-state index in [2.05, 4.69) is 15.4 Å². The van der Waals surface area contributed by atoms with Gasteiger partial charge in [-0.25, -0.2) is 14.3 Å². The number of carbonyl (C=O) groups excluding carboxylic acids is 1. The van der Waals surface area contributed by atoms with Gasteiger partial charge in [-0.1, -0.05) is 0 Å². The van der Waals surface area contributed by atoms with Crippen LogP contribution in [0.25, 0.3) is 5.65 Å². The predicted octanol–water partition coefficient (Wildman–Crippen LogP) is 0.719. The zero-order valence-electron chi connectivity index (χ0n) is 11.0. The van der Waals surface area contributed by atoms with Crippen molar-refractivity contribution >= 4 is 29.3 Å². The molecule has 0 bridgehead atoms. The lowest BCUT2D eigenvalue weighted by atomic mass is 10.3. The molecule has 0 unspecified atom stereocenters. The maximum absolute atomic E-state index is 11.1. The maximum Gasteiger partial charge on any atom is 0.327 e. The van der Waals surface area contributed by atoms with E-state index in [9.17, 15) is 9.59 Å². The van der Waals surface area contributed by atoms with E-state index in [4.69, 9.17) is 5.11 Å². The van der Waals surface area contributed by atoms with E-state index in [0.717, 1.165) is 10.6 Å². The zero-order valence-corrected chi connectivity index (χ0v) is 11.8. The van der Waals surface area contributed by atoms with Crippen LogP contribution in [-0.4, -0.2) is 43.4 Å². The molecule has 0 fully saturated rings. The molecule has 0 aliphatic heterocycles. The fraction of sp³-hybridized carbons (Fsp3) is 0.333. The van der Waals surface area contributed by atoms with E-state index in [0.29, 0.717) is 5.65 Å². The molecule has 2 aromatic heterocycles. The zero-order chi connectivity index (χ0) is 14.7. The first-order valence-electron chi connectivity index (χ1n) is 5.90. The second kappa shape index (κ2) is 5.91. The van der Waals surface area contributed by atoms with E-state index in [1.165, 1.54) is 25.0 Å². The van der Waals surface area contributed by atoms with E-state index in [-0.39, 0.29) is 11.7 Å². The molecule has 2 rings (SSSR count). The molecule has 1 atom stereocenters. The first kappa shape index (κ1) is 14.3. The lowest BCUT2D eigenvalue weighted by Crippen LogP contribution is -2.41. The summed E-state index contributed by atoms with van der Waals surface area (Å²) < 4.78 is 1.64. The van der Waals surface area contributed by atoms with E-state index in [1.807, 2.05) is 19.1 Å². The van der Waals surface area contributed by atoms with Crippen molar-refractivity contribution in [2.24, 2.45) is 0 Å². The van der Waals surface area contributed by atoms with Gasteiger partial charge >= 0.3 is 5.97 Å². The SMILES string of the molecule is CC(=O)N[C@@H](CSc1cc(C)cc2ncnn12)C(=O)O. The number of nitrogens with zero attached hydrogens (tertiary/aromatic N) is 3. The number of rotatable bonds is 5. The Morgan fingerprint density at radius 1 is 1.50 bits per heavy atom. The number of fused-ring (bicyclic) bond motifs is 1. The monoisotopic (exact) mass is 294 g/mol. The average molecular weight is 294 g/mol. The first-order chi connectivity index (χ1) is 9.47. The minimum absolute atomic E-state index is 0.216. The van der Waals surface area contributed by atoms with Crippen LogP contribution in [0.2, 0.25) is 0 Å². The Bertz CT molecular complexity index is 655. The Hall–Kier alpha value is -2.09. The first-order valence-corrected chi connectivity index (χ1v) is 6.89.